The van der Waals surface area contributed by atoms with E-state index in [1.165, 1.54) is 0 Å². The number of amides is 1. The summed E-state index contributed by atoms with van der Waals surface area (Å²) >= 11 is 0. The second-order valence-corrected chi connectivity index (χ2v) is 6.37. The van der Waals surface area contributed by atoms with Crippen LogP contribution in [0, 0.1) is 0 Å². The van der Waals surface area contributed by atoms with Gasteiger partial charge >= 0.3 is 0 Å². The van der Waals surface area contributed by atoms with Crippen LogP contribution in [0.4, 0.5) is 5.69 Å². The third-order valence-corrected chi connectivity index (χ3v) is 4.54. The fourth-order valence-electron chi connectivity index (χ4n) is 3.21. The van der Waals surface area contributed by atoms with Crippen molar-refractivity contribution in [2.24, 2.45) is 0 Å². The molecule has 0 atom stereocenters. The van der Waals surface area contributed by atoms with Gasteiger partial charge in [0.05, 0.1) is 25.3 Å². The predicted molar refractivity (Wildman–Crippen MR) is 111 cm³/mol. The highest BCUT2D eigenvalue weighted by Crippen LogP contribution is 2.30. The Kier molecular flexibility index (Phi) is 5.11. The van der Waals surface area contributed by atoms with Crippen LogP contribution in [0.5, 0.6) is 11.5 Å². The van der Waals surface area contributed by atoms with Gasteiger partial charge in [-0.25, -0.2) is 4.98 Å². The second-order valence-electron chi connectivity index (χ2n) is 6.37. The molecule has 0 aliphatic rings. The lowest BCUT2D eigenvalue weighted by Gasteiger charge is -2.12. The summed E-state index contributed by atoms with van der Waals surface area (Å²) in [7, 11) is 3.13. The fraction of sp³-hybridized carbons (Fsp3) is 0.136. The second kappa shape index (κ2) is 8.02. The monoisotopic (exact) mass is 388 g/mol. The Hall–Kier alpha value is -3.87. The van der Waals surface area contributed by atoms with Gasteiger partial charge in [-0.05, 0) is 36.4 Å². The van der Waals surface area contributed by atoms with Crippen LogP contribution in [0.2, 0.25) is 0 Å². The highest BCUT2D eigenvalue weighted by atomic mass is 16.5. The molecule has 1 amide bonds. The van der Waals surface area contributed by atoms with Crippen molar-refractivity contribution in [2.45, 2.75) is 6.54 Å². The van der Waals surface area contributed by atoms with Gasteiger partial charge in [0.2, 0.25) is 5.91 Å². The smallest absolute Gasteiger partial charge is 0.244 e. The summed E-state index contributed by atoms with van der Waals surface area (Å²) in [5, 5.41) is 2.91. The highest BCUT2D eigenvalue weighted by molar-refractivity contribution is 5.93. The van der Waals surface area contributed by atoms with Crippen LogP contribution in [0.3, 0.4) is 0 Å². The first kappa shape index (κ1) is 18.5. The lowest BCUT2D eigenvalue weighted by Crippen LogP contribution is -2.19. The molecule has 0 aliphatic heterocycles. The van der Waals surface area contributed by atoms with E-state index in [9.17, 15) is 4.79 Å². The molecule has 0 radical (unpaired) electrons. The van der Waals surface area contributed by atoms with Gasteiger partial charge in [-0.15, -0.1) is 0 Å². The van der Waals surface area contributed by atoms with E-state index in [1.54, 1.807) is 44.8 Å². The zero-order valence-corrected chi connectivity index (χ0v) is 16.1. The number of benzene rings is 2. The van der Waals surface area contributed by atoms with Gasteiger partial charge in [0.1, 0.15) is 12.4 Å². The van der Waals surface area contributed by atoms with E-state index in [2.05, 4.69) is 10.3 Å². The van der Waals surface area contributed by atoms with Crippen LogP contribution in [0.1, 0.15) is 0 Å². The summed E-state index contributed by atoms with van der Waals surface area (Å²) in [6.45, 7) is 0.110. The van der Waals surface area contributed by atoms with E-state index < -0.39 is 0 Å². The van der Waals surface area contributed by atoms with E-state index in [0.29, 0.717) is 23.0 Å². The van der Waals surface area contributed by atoms with Crippen LogP contribution in [-0.4, -0.2) is 34.7 Å². The fourth-order valence-corrected chi connectivity index (χ4v) is 3.21. The van der Waals surface area contributed by atoms with Crippen LogP contribution < -0.4 is 14.8 Å². The van der Waals surface area contributed by atoms with Gasteiger partial charge in [0.25, 0.3) is 0 Å². The zero-order valence-electron chi connectivity index (χ0n) is 16.1. The van der Waals surface area contributed by atoms with Crippen LogP contribution >= 0.6 is 0 Å². The molecule has 4 rings (SSSR count). The minimum Gasteiger partial charge on any atom is -0.493 e. The number of nitrogens with one attached hydrogen (secondary N) is 1. The van der Waals surface area contributed by atoms with Crippen molar-refractivity contribution in [3.05, 3.63) is 67.0 Å². The third kappa shape index (κ3) is 3.75. The molecule has 4 aromatic rings. The predicted octanol–water partition coefficient (Wildman–Crippen LogP) is 3.75. The Labute approximate surface area is 167 Å². The summed E-state index contributed by atoms with van der Waals surface area (Å²) < 4.78 is 12.4. The maximum absolute atomic E-state index is 12.8. The van der Waals surface area contributed by atoms with Crippen molar-refractivity contribution in [3.8, 4) is 22.9 Å². The zero-order chi connectivity index (χ0) is 20.2. The van der Waals surface area contributed by atoms with E-state index in [-0.39, 0.29) is 12.5 Å². The van der Waals surface area contributed by atoms with Crippen LogP contribution in [0.25, 0.3) is 22.4 Å². The molecule has 2 heterocycles. The molecule has 7 nitrogen and oxygen atoms in total. The van der Waals surface area contributed by atoms with Crippen molar-refractivity contribution in [2.75, 3.05) is 19.5 Å². The standard InChI is InChI=1S/C22H20N4O3/c1-28-19-10-9-16(12-20(19)29-2)24-21(27)14-26-18-8-4-3-7-17(18)25-22(26)15-6-5-11-23-13-15/h3-13H,14H2,1-2H3,(H,24,27). The third-order valence-electron chi connectivity index (χ3n) is 4.54. The lowest BCUT2D eigenvalue weighted by molar-refractivity contribution is -0.116. The van der Waals surface area contributed by atoms with Crippen molar-refractivity contribution in [1.29, 1.82) is 0 Å². The number of hydrogen-bond acceptors (Lipinski definition) is 5. The first-order chi connectivity index (χ1) is 14.2. The van der Waals surface area contributed by atoms with Gasteiger partial charge in [0, 0.05) is 29.7 Å². The molecule has 7 heteroatoms. The van der Waals surface area contributed by atoms with Crippen LogP contribution in [-0.2, 0) is 11.3 Å². The number of para-hydroxylation sites is 2. The largest absolute Gasteiger partial charge is 0.493 e. The molecule has 0 saturated heterocycles. The molecular weight excluding hydrogens is 368 g/mol. The first-order valence-electron chi connectivity index (χ1n) is 9.07. The number of ether oxygens (including phenoxy) is 2. The van der Waals surface area contributed by atoms with Gasteiger partial charge < -0.3 is 19.4 Å². The molecule has 0 unspecified atom stereocenters. The summed E-state index contributed by atoms with van der Waals surface area (Å²) in [6, 6.07) is 16.8. The lowest BCUT2D eigenvalue weighted by atomic mass is 10.2. The number of carbonyl (C=O) groups is 1. The van der Waals surface area contributed by atoms with Gasteiger partial charge in [-0.2, -0.15) is 0 Å². The summed E-state index contributed by atoms with van der Waals surface area (Å²) in [5.74, 6) is 1.67. The molecule has 2 aromatic carbocycles. The minimum atomic E-state index is -0.175. The van der Waals surface area contributed by atoms with Crippen molar-refractivity contribution in [3.63, 3.8) is 0 Å². The number of aromatic nitrogens is 3. The minimum absolute atomic E-state index is 0.110. The number of hydrogen-bond donors (Lipinski definition) is 1. The average molecular weight is 388 g/mol. The Morgan fingerprint density at radius 3 is 2.62 bits per heavy atom. The number of methoxy groups -OCH3 is 2. The summed E-state index contributed by atoms with van der Waals surface area (Å²) in [5.41, 5.74) is 3.18. The Bertz CT molecular complexity index is 1160. The molecule has 0 bridgehead atoms. The number of imidazole rings is 1. The molecule has 1 N–H and O–H groups in total. The molecule has 0 fully saturated rings. The number of anilines is 1. The van der Waals surface area contributed by atoms with Gasteiger partial charge in [-0.1, -0.05) is 12.1 Å². The van der Waals surface area contributed by atoms with E-state index >= 15 is 0 Å². The first-order valence-corrected chi connectivity index (χ1v) is 9.07. The Morgan fingerprint density at radius 2 is 1.86 bits per heavy atom. The highest BCUT2D eigenvalue weighted by Gasteiger charge is 2.16. The normalized spacial score (nSPS) is 10.7. The molecule has 146 valence electrons. The van der Waals surface area contributed by atoms with Crippen molar-refractivity contribution in [1.82, 2.24) is 14.5 Å². The Morgan fingerprint density at radius 1 is 1.03 bits per heavy atom. The molecule has 2 aromatic heterocycles. The summed E-state index contributed by atoms with van der Waals surface area (Å²) in [6.07, 6.45) is 3.45. The van der Waals surface area contributed by atoms with E-state index in [0.717, 1.165) is 16.6 Å². The van der Waals surface area contributed by atoms with Gasteiger partial charge in [0.15, 0.2) is 11.5 Å². The van der Waals surface area contributed by atoms with Crippen LogP contribution in [0.15, 0.2) is 67.0 Å². The average Bonchev–Trinajstić information content (AvgIpc) is 3.12. The number of nitrogens with zero attached hydrogens (tertiary/aromatic N) is 3. The van der Waals surface area contributed by atoms with E-state index in [1.807, 2.05) is 41.0 Å². The SMILES string of the molecule is COc1ccc(NC(=O)Cn2c(-c3cccnc3)nc3ccccc32)cc1OC. The molecule has 0 spiro atoms. The summed E-state index contributed by atoms with van der Waals surface area (Å²) in [4.78, 5) is 21.7. The topological polar surface area (TPSA) is 78.3 Å². The molecule has 29 heavy (non-hydrogen) atoms. The Balaban J connectivity index is 1.65. The van der Waals surface area contributed by atoms with E-state index in [4.69, 9.17) is 14.5 Å². The molecule has 0 saturated carbocycles. The maximum Gasteiger partial charge on any atom is 0.244 e. The number of fused-ring (bicyclic) bond motifs is 1. The van der Waals surface area contributed by atoms with Crippen molar-refractivity contribution < 1.29 is 14.3 Å². The molecule has 0 aliphatic carbocycles. The number of carbonyl (C=O) groups excluding carboxylic acids is 1. The molecular formula is C22H20N4O3. The quantitative estimate of drug-likeness (QED) is 0.544. The van der Waals surface area contributed by atoms with Crippen molar-refractivity contribution >= 4 is 22.6 Å². The maximum atomic E-state index is 12.8. The number of rotatable bonds is 6. The number of pyridine rings is 1. The van der Waals surface area contributed by atoms with Gasteiger partial charge in [-0.3, -0.25) is 9.78 Å².